The van der Waals surface area contributed by atoms with Gasteiger partial charge in [0.25, 0.3) is 11.4 Å². The van der Waals surface area contributed by atoms with E-state index in [0.717, 1.165) is 19.1 Å². The zero-order chi connectivity index (χ0) is 20.2. The van der Waals surface area contributed by atoms with Crippen LogP contribution in [0, 0.1) is 33.0 Å². The number of nitro groups is 2. The molecule has 27 heavy (non-hydrogen) atoms. The highest BCUT2D eigenvalue weighted by Crippen LogP contribution is 2.31. The van der Waals surface area contributed by atoms with Crippen molar-refractivity contribution in [3.05, 3.63) is 68.0 Å². The van der Waals surface area contributed by atoms with E-state index in [2.05, 4.69) is 4.72 Å². The second-order valence-corrected chi connectivity index (χ2v) is 7.07. The summed E-state index contributed by atoms with van der Waals surface area (Å²) in [5.74, 6) is -0.136. The molecule has 0 bridgehead atoms. The Labute approximate surface area is 152 Å². The topological polar surface area (TPSA) is 142 Å². The highest BCUT2D eigenvalue weighted by atomic mass is 32.2. The van der Waals surface area contributed by atoms with Gasteiger partial charge in [-0.1, -0.05) is 0 Å². The molecule has 0 atom stereocenters. The van der Waals surface area contributed by atoms with Crippen LogP contribution in [0.1, 0.15) is 5.56 Å². The van der Waals surface area contributed by atoms with Gasteiger partial charge in [0.2, 0.25) is 10.0 Å². The highest BCUT2D eigenvalue weighted by molar-refractivity contribution is 7.89. The van der Waals surface area contributed by atoms with Gasteiger partial charge in [-0.05, 0) is 31.2 Å². The maximum Gasteiger partial charge on any atom is 0.280 e. The summed E-state index contributed by atoms with van der Waals surface area (Å²) >= 11 is 0. The number of nitrogens with zero attached hydrogens (tertiary/aromatic N) is 2. The smallest absolute Gasteiger partial charge is 0.280 e. The summed E-state index contributed by atoms with van der Waals surface area (Å²) in [6.45, 7) is 0.840. The van der Waals surface area contributed by atoms with Crippen LogP contribution in [0.15, 0.2) is 41.3 Å². The zero-order valence-corrected chi connectivity index (χ0v) is 14.7. The Bertz CT molecular complexity index is 942. The standard InChI is InChI=1S/C15H14FN3O7S/c1-10-14(18(20)21)8-13(9-15(10)19(22)23)27(24,25)17-6-7-26-12-4-2-11(16)3-5-12/h2-5,8-9,17H,6-7H2,1H3. The first-order valence-corrected chi connectivity index (χ1v) is 8.91. The number of sulfonamides is 1. The molecule has 0 radical (unpaired) electrons. The molecule has 2 aromatic rings. The third-order valence-corrected chi connectivity index (χ3v) is 4.95. The van der Waals surface area contributed by atoms with Crippen molar-refractivity contribution in [3.8, 4) is 5.75 Å². The van der Waals surface area contributed by atoms with Gasteiger partial charge in [0.1, 0.15) is 23.7 Å². The maximum absolute atomic E-state index is 12.8. The second kappa shape index (κ2) is 8.05. The molecule has 0 saturated heterocycles. The minimum atomic E-state index is -4.25. The Morgan fingerprint density at radius 2 is 1.59 bits per heavy atom. The first-order chi connectivity index (χ1) is 12.6. The number of ether oxygens (including phenoxy) is 1. The Morgan fingerprint density at radius 3 is 2.07 bits per heavy atom. The van der Waals surface area contributed by atoms with Crippen molar-refractivity contribution in [1.82, 2.24) is 4.72 Å². The SMILES string of the molecule is Cc1c([N+](=O)[O-])cc(S(=O)(=O)NCCOc2ccc(F)cc2)cc1[N+](=O)[O-]. The van der Waals surface area contributed by atoms with Gasteiger partial charge in [-0.3, -0.25) is 20.2 Å². The molecule has 0 heterocycles. The molecule has 0 spiro atoms. The summed E-state index contributed by atoms with van der Waals surface area (Å²) in [6, 6.07) is 6.57. The lowest BCUT2D eigenvalue weighted by Crippen LogP contribution is -2.28. The molecular formula is C15H14FN3O7S. The van der Waals surface area contributed by atoms with Crippen LogP contribution in [0.5, 0.6) is 5.75 Å². The number of hydrogen-bond donors (Lipinski definition) is 1. The molecule has 144 valence electrons. The lowest BCUT2D eigenvalue weighted by molar-refractivity contribution is -0.395. The largest absolute Gasteiger partial charge is 0.492 e. The fourth-order valence-electron chi connectivity index (χ4n) is 2.15. The minimum absolute atomic E-state index is 0.110. The Morgan fingerprint density at radius 1 is 1.07 bits per heavy atom. The highest BCUT2D eigenvalue weighted by Gasteiger charge is 2.27. The van der Waals surface area contributed by atoms with E-state index in [1.54, 1.807) is 0 Å². The number of halogens is 1. The van der Waals surface area contributed by atoms with Crippen LogP contribution >= 0.6 is 0 Å². The van der Waals surface area contributed by atoms with Gasteiger partial charge in [0.05, 0.1) is 14.7 Å². The summed E-state index contributed by atoms with van der Waals surface area (Å²) in [5, 5.41) is 22.1. The van der Waals surface area contributed by atoms with Gasteiger partial charge in [0, 0.05) is 18.7 Å². The van der Waals surface area contributed by atoms with Crippen LogP contribution in [0.25, 0.3) is 0 Å². The van der Waals surface area contributed by atoms with E-state index in [0.29, 0.717) is 5.75 Å². The number of hydrogen-bond acceptors (Lipinski definition) is 7. The van der Waals surface area contributed by atoms with Crippen LogP contribution in [0.4, 0.5) is 15.8 Å². The van der Waals surface area contributed by atoms with Crippen molar-refractivity contribution in [3.63, 3.8) is 0 Å². The van der Waals surface area contributed by atoms with Crippen molar-refractivity contribution >= 4 is 21.4 Å². The van der Waals surface area contributed by atoms with Crippen molar-refractivity contribution in [2.75, 3.05) is 13.2 Å². The predicted molar refractivity (Wildman–Crippen MR) is 91.6 cm³/mol. The molecule has 0 saturated carbocycles. The van der Waals surface area contributed by atoms with Gasteiger partial charge >= 0.3 is 0 Å². The zero-order valence-electron chi connectivity index (χ0n) is 13.9. The van der Waals surface area contributed by atoms with E-state index >= 15 is 0 Å². The van der Waals surface area contributed by atoms with Crippen LogP contribution < -0.4 is 9.46 Å². The van der Waals surface area contributed by atoms with Crippen LogP contribution in [-0.4, -0.2) is 31.4 Å². The fraction of sp³-hybridized carbons (Fsp3) is 0.200. The number of nitro benzene ring substituents is 2. The van der Waals surface area contributed by atoms with Crippen molar-refractivity contribution < 1.29 is 27.4 Å². The predicted octanol–water partition coefficient (Wildman–Crippen LogP) is 2.31. The molecule has 0 aliphatic carbocycles. The van der Waals surface area contributed by atoms with Crippen LogP contribution in [-0.2, 0) is 10.0 Å². The average Bonchev–Trinajstić information content (AvgIpc) is 2.59. The molecule has 0 amide bonds. The molecule has 0 aliphatic heterocycles. The van der Waals surface area contributed by atoms with Crippen molar-refractivity contribution in [1.29, 1.82) is 0 Å². The monoisotopic (exact) mass is 399 g/mol. The van der Waals surface area contributed by atoms with Crippen LogP contribution in [0.2, 0.25) is 0 Å². The lowest BCUT2D eigenvalue weighted by atomic mass is 10.1. The summed E-state index contributed by atoms with van der Waals surface area (Å²) in [6.07, 6.45) is 0. The summed E-state index contributed by atoms with van der Waals surface area (Å²) in [7, 11) is -4.25. The van der Waals surface area contributed by atoms with Crippen molar-refractivity contribution in [2.24, 2.45) is 0 Å². The maximum atomic E-state index is 12.8. The van der Waals surface area contributed by atoms with Gasteiger partial charge < -0.3 is 4.74 Å². The summed E-state index contributed by atoms with van der Waals surface area (Å²) in [5.41, 5.74) is -1.59. The third-order valence-electron chi connectivity index (χ3n) is 3.51. The number of nitrogens with one attached hydrogen (secondary N) is 1. The fourth-order valence-corrected chi connectivity index (χ4v) is 3.20. The number of benzene rings is 2. The first kappa shape index (κ1) is 20.2. The molecule has 0 fully saturated rings. The summed E-state index contributed by atoms with van der Waals surface area (Å²) < 4.78 is 44.7. The Balaban J connectivity index is 2.14. The third kappa shape index (κ3) is 4.95. The van der Waals surface area contributed by atoms with Gasteiger partial charge in [0.15, 0.2) is 0 Å². The van der Waals surface area contributed by atoms with Gasteiger partial charge in [-0.15, -0.1) is 0 Å². The lowest BCUT2D eigenvalue weighted by Gasteiger charge is -2.09. The molecule has 1 N–H and O–H groups in total. The van der Waals surface area contributed by atoms with Crippen LogP contribution in [0.3, 0.4) is 0 Å². The molecule has 12 heteroatoms. The minimum Gasteiger partial charge on any atom is -0.492 e. The Hall–Kier alpha value is -3.12. The van der Waals surface area contributed by atoms with E-state index < -0.39 is 42.0 Å². The van der Waals surface area contributed by atoms with E-state index in [-0.39, 0.29) is 18.7 Å². The van der Waals surface area contributed by atoms with Crippen molar-refractivity contribution in [2.45, 2.75) is 11.8 Å². The summed E-state index contributed by atoms with van der Waals surface area (Å²) in [4.78, 5) is 19.7. The van der Waals surface area contributed by atoms with E-state index in [9.17, 15) is 33.0 Å². The second-order valence-electron chi connectivity index (χ2n) is 5.30. The molecular weight excluding hydrogens is 385 g/mol. The van der Waals surface area contributed by atoms with E-state index in [4.69, 9.17) is 4.74 Å². The average molecular weight is 399 g/mol. The molecule has 2 rings (SSSR count). The number of rotatable bonds is 8. The molecule has 0 aromatic heterocycles. The quantitative estimate of drug-likeness (QED) is 0.408. The first-order valence-electron chi connectivity index (χ1n) is 7.43. The van der Waals surface area contributed by atoms with E-state index in [1.807, 2.05) is 0 Å². The molecule has 2 aromatic carbocycles. The normalized spacial score (nSPS) is 11.2. The molecule has 10 nitrogen and oxygen atoms in total. The van der Waals surface area contributed by atoms with E-state index in [1.165, 1.54) is 24.3 Å². The molecule has 0 unspecified atom stereocenters. The van der Waals surface area contributed by atoms with Gasteiger partial charge in [-0.25, -0.2) is 17.5 Å². The molecule has 0 aliphatic rings. The Kier molecular flexibility index (Phi) is 6.02. The van der Waals surface area contributed by atoms with Gasteiger partial charge in [-0.2, -0.15) is 0 Å².